The lowest BCUT2D eigenvalue weighted by molar-refractivity contribution is -0.365. The van der Waals surface area contributed by atoms with Gasteiger partial charge in [0.05, 0.1) is 37.6 Å². The first-order valence-electron chi connectivity index (χ1n) is 24.0. The van der Waals surface area contributed by atoms with Gasteiger partial charge in [-0.15, -0.1) is 0 Å². The highest BCUT2D eigenvalue weighted by Gasteiger charge is 2.68. The molecule has 4 aliphatic carbocycles. The van der Waals surface area contributed by atoms with E-state index in [1.807, 2.05) is 6.92 Å². The predicted molar refractivity (Wildman–Crippen MR) is 230 cm³/mol. The van der Waals surface area contributed by atoms with Gasteiger partial charge in [-0.1, -0.05) is 53.2 Å². The largest absolute Gasteiger partial charge is 0.394 e. The molecule has 0 unspecified atom stereocenters. The van der Waals surface area contributed by atoms with Crippen LogP contribution in [0.2, 0.25) is 0 Å². The van der Waals surface area contributed by atoms with Crippen molar-refractivity contribution in [1.82, 2.24) is 0 Å². The van der Waals surface area contributed by atoms with Crippen LogP contribution < -0.4 is 0 Å². The minimum absolute atomic E-state index is 0.0703. The van der Waals surface area contributed by atoms with Crippen LogP contribution in [-0.4, -0.2) is 202 Å². The highest BCUT2D eigenvalue weighted by Crippen LogP contribution is 2.75. The van der Waals surface area contributed by atoms with Crippen molar-refractivity contribution in [3.63, 3.8) is 0 Å². The Hall–Kier alpha value is -1.02. The van der Waals surface area contributed by atoms with Crippen LogP contribution >= 0.6 is 0 Å². The Bertz CT molecular complexity index is 1690. The fourth-order valence-corrected chi connectivity index (χ4v) is 13.9. The summed E-state index contributed by atoms with van der Waals surface area (Å²) >= 11 is 0. The number of aliphatic hydroxyl groups excluding tert-OH is 12. The minimum atomic E-state index is -1.76. The van der Waals surface area contributed by atoms with Gasteiger partial charge in [0.15, 0.2) is 18.9 Å². The smallest absolute Gasteiger partial charge is 0.187 e. The number of rotatable bonds is 13. The molecule has 0 radical (unpaired) electrons. The second-order valence-electron chi connectivity index (χ2n) is 22.8. The summed E-state index contributed by atoms with van der Waals surface area (Å²) in [5.74, 6) is 0.230. The molecule has 25 atom stereocenters. The molecule has 66 heavy (non-hydrogen) atoms. The third-order valence-electron chi connectivity index (χ3n) is 18.4. The Labute approximate surface area is 387 Å². The van der Waals surface area contributed by atoms with Gasteiger partial charge in [0.2, 0.25) is 0 Å². The Morgan fingerprint density at radius 1 is 0.712 bits per heavy atom. The zero-order chi connectivity index (χ0) is 48.8. The molecule has 3 saturated heterocycles. The fraction of sp³-hybridized carbons (Fsp3) is 0.957. The maximum Gasteiger partial charge on any atom is 0.187 e. The molecule has 0 aromatic heterocycles. The maximum atomic E-state index is 11.9. The first-order valence-corrected chi connectivity index (χ1v) is 24.0. The van der Waals surface area contributed by atoms with Gasteiger partial charge in [-0.3, -0.25) is 0 Å². The van der Waals surface area contributed by atoms with Crippen molar-refractivity contribution < 1.29 is 94.8 Å². The van der Waals surface area contributed by atoms with Gasteiger partial charge in [0, 0.05) is 5.41 Å². The summed E-state index contributed by atoms with van der Waals surface area (Å²) in [7, 11) is 0. The van der Waals surface area contributed by atoms with E-state index in [9.17, 15) is 66.4 Å². The van der Waals surface area contributed by atoms with E-state index < -0.39 is 141 Å². The Balaban J connectivity index is 1.10. The zero-order valence-electron chi connectivity index (χ0n) is 39.6. The molecule has 13 N–H and O–H groups in total. The average Bonchev–Trinajstić information content (AvgIpc) is 3.54. The normalized spacial score (nSPS) is 50.3. The van der Waals surface area contributed by atoms with E-state index in [4.69, 9.17) is 28.4 Å². The molecule has 3 saturated carbocycles. The highest BCUT2D eigenvalue weighted by atomic mass is 16.7. The molecule has 19 nitrogen and oxygen atoms in total. The summed E-state index contributed by atoms with van der Waals surface area (Å²) in [5, 5.41) is 139. The van der Waals surface area contributed by atoms with Gasteiger partial charge >= 0.3 is 0 Å². The summed E-state index contributed by atoms with van der Waals surface area (Å²) in [4.78, 5) is 0. The summed E-state index contributed by atoms with van der Waals surface area (Å²) in [6, 6.07) is 0. The molecule has 0 aromatic rings. The second kappa shape index (κ2) is 19.2. The molecule has 0 bridgehead atoms. The van der Waals surface area contributed by atoms with Crippen LogP contribution in [0.1, 0.15) is 100 Å². The van der Waals surface area contributed by atoms with Crippen LogP contribution in [0.4, 0.5) is 0 Å². The summed E-state index contributed by atoms with van der Waals surface area (Å²) < 4.78 is 35.6. The van der Waals surface area contributed by atoms with Crippen LogP contribution in [-0.2, 0) is 28.4 Å². The van der Waals surface area contributed by atoms with E-state index in [-0.39, 0.29) is 34.0 Å². The maximum absolute atomic E-state index is 11.9. The molecule has 0 spiro atoms. The van der Waals surface area contributed by atoms with Crippen molar-refractivity contribution in [2.45, 2.75) is 216 Å². The predicted octanol–water partition coefficient (Wildman–Crippen LogP) is -1.45. The van der Waals surface area contributed by atoms with Crippen LogP contribution in [0.15, 0.2) is 11.6 Å². The lowest BCUT2D eigenvalue weighted by atomic mass is 9.39. The molecule has 382 valence electrons. The van der Waals surface area contributed by atoms with E-state index in [0.29, 0.717) is 12.3 Å². The molecule has 3 heterocycles. The second-order valence-corrected chi connectivity index (χ2v) is 22.8. The number of allylic oxidation sites excluding steroid dienone is 1. The van der Waals surface area contributed by atoms with Gasteiger partial charge in [0.1, 0.15) is 79.4 Å². The number of ether oxygens (including phenoxy) is 6. The van der Waals surface area contributed by atoms with E-state index >= 15 is 0 Å². The number of hydrogen-bond acceptors (Lipinski definition) is 19. The highest BCUT2D eigenvalue weighted by molar-refractivity contribution is 5.30. The van der Waals surface area contributed by atoms with Gasteiger partial charge in [-0.25, -0.2) is 0 Å². The van der Waals surface area contributed by atoms with E-state index in [1.165, 1.54) is 19.4 Å². The number of hydrogen-bond donors (Lipinski definition) is 13. The molecule has 0 amide bonds. The fourth-order valence-electron chi connectivity index (χ4n) is 13.9. The Morgan fingerprint density at radius 2 is 1.36 bits per heavy atom. The lowest BCUT2D eigenvalue weighted by Crippen LogP contribution is -2.65. The standard InChI is InChI=1S/C47H80O19/c1-20(29(50)34(55)39(59)44(4,5)60)21-13-14-47(8)27-11-9-22-23(45(27,6)15-16-46(21,47)7)10-12-28(43(22,2)3)65-42-37(58)38(66-41-35(56)30(51)24(49)18-61-41)32(53)26(64-42)19-62-40-36(57)33(54)31(52)25(17-48)63-40/h9,20-21,23-42,48-60H,10-19H2,1-8H3/t20-,21+,23+,24+,25+,26+,27+,28-,29-,30-,31+,32+,33-,34+,35-,36+,37+,38-,39+,40+,41-,42-,45-,46+,47-/m0/s1. The summed E-state index contributed by atoms with van der Waals surface area (Å²) in [6.45, 7) is 14.5. The first kappa shape index (κ1) is 52.8. The van der Waals surface area contributed by atoms with E-state index in [2.05, 4.69) is 40.7 Å². The van der Waals surface area contributed by atoms with E-state index in [1.54, 1.807) is 0 Å². The molecule has 7 aliphatic rings. The number of aliphatic hydroxyl groups is 13. The monoisotopic (exact) mass is 949 g/mol. The van der Waals surface area contributed by atoms with Crippen molar-refractivity contribution in [2.75, 3.05) is 19.8 Å². The van der Waals surface area contributed by atoms with Crippen molar-refractivity contribution in [3.05, 3.63) is 11.6 Å². The molecule has 3 aliphatic heterocycles. The van der Waals surface area contributed by atoms with Crippen LogP contribution in [0, 0.1) is 45.3 Å². The van der Waals surface area contributed by atoms with Gasteiger partial charge in [0.25, 0.3) is 0 Å². The van der Waals surface area contributed by atoms with E-state index in [0.717, 1.165) is 38.5 Å². The third kappa shape index (κ3) is 8.89. The van der Waals surface area contributed by atoms with Gasteiger partial charge in [-0.2, -0.15) is 0 Å². The number of fused-ring (bicyclic) bond motifs is 5. The van der Waals surface area contributed by atoms with Crippen molar-refractivity contribution in [1.29, 1.82) is 0 Å². The summed E-state index contributed by atoms with van der Waals surface area (Å²) in [6.07, 6.45) is -18.8. The molecular weight excluding hydrogens is 868 g/mol. The van der Waals surface area contributed by atoms with Crippen molar-refractivity contribution >= 4 is 0 Å². The van der Waals surface area contributed by atoms with Crippen molar-refractivity contribution in [3.8, 4) is 0 Å². The zero-order valence-corrected chi connectivity index (χ0v) is 39.6. The topological polar surface area (TPSA) is 318 Å². The summed E-state index contributed by atoms with van der Waals surface area (Å²) in [5.41, 5.74) is -1.31. The lowest BCUT2D eigenvalue weighted by Gasteiger charge is -2.66. The third-order valence-corrected chi connectivity index (χ3v) is 18.4. The van der Waals surface area contributed by atoms with Gasteiger partial charge in [-0.05, 0) is 98.7 Å². The SMILES string of the molecule is C[C@H]([C@H](O)[C@@H](O)[C@@H](O)C(C)(C)O)[C@H]1CC[C@@]2(C)[C@@H]3CC=C4[C@@H](CC[C@H](O[C@@H]5O[C@H](CO[C@@H]6O[C@H](CO)[C@@H](O)[C@H](O)[C@H]6O)[C@@H](O)[C@H](O[C@@H]6OC[C@@H](O)[C@H](O)[C@@H]6O)[C@H]5O)C4(C)C)[C@]3(C)CC[C@]12C. The quantitative estimate of drug-likeness (QED) is 0.0940. The molecular formula is C47H80O19. The average molecular weight is 949 g/mol. The molecule has 19 heteroatoms. The Morgan fingerprint density at radius 3 is 2.02 bits per heavy atom. The van der Waals surface area contributed by atoms with Crippen LogP contribution in [0.25, 0.3) is 0 Å². The van der Waals surface area contributed by atoms with Gasteiger partial charge < -0.3 is 94.8 Å². The first-order chi connectivity index (χ1) is 30.6. The molecule has 6 fully saturated rings. The molecule has 7 rings (SSSR count). The van der Waals surface area contributed by atoms with Crippen molar-refractivity contribution in [2.24, 2.45) is 45.3 Å². The minimum Gasteiger partial charge on any atom is -0.394 e. The van der Waals surface area contributed by atoms with Crippen LogP contribution in [0.3, 0.4) is 0 Å². The molecule has 0 aromatic carbocycles. The van der Waals surface area contributed by atoms with Crippen LogP contribution in [0.5, 0.6) is 0 Å². The Kier molecular flexibility index (Phi) is 15.4.